The highest BCUT2D eigenvalue weighted by atomic mass is 16.5. The number of ether oxygens (including phenoxy) is 2. The first-order chi connectivity index (χ1) is 11.7. The number of benzene rings is 1. The lowest BCUT2D eigenvalue weighted by Crippen LogP contribution is -2.16. The topological polar surface area (TPSA) is 99.4 Å². The molecule has 7 nitrogen and oxygen atoms in total. The summed E-state index contributed by atoms with van der Waals surface area (Å²) in [4.78, 5) is 20.1. The minimum atomic E-state index is -0.427. The molecule has 0 saturated heterocycles. The largest absolute Gasteiger partial charge is 0.490 e. The number of carbonyl (C=O) groups is 1. The van der Waals surface area contributed by atoms with Crippen LogP contribution in [0.5, 0.6) is 11.5 Å². The number of anilines is 2. The number of hydrogen-bond donors (Lipinski definition) is 2. The van der Waals surface area contributed by atoms with E-state index in [-0.39, 0.29) is 11.5 Å². The molecule has 24 heavy (non-hydrogen) atoms. The van der Waals surface area contributed by atoms with Gasteiger partial charge in [0.25, 0.3) is 5.91 Å². The van der Waals surface area contributed by atoms with Crippen LogP contribution in [0.15, 0.2) is 30.6 Å². The Balaban J connectivity index is 2.17. The molecule has 0 aliphatic heterocycles. The Morgan fingerprint density at radius 2 is 1.75 bits per heavy atom. The lowest BCUT2D eigenvalue weighted by molar-refractivity contribution is 0.102. The third-order valence-corrected chi connectivity index (χ3v) is 3.07. The van der Waals surface area contributed by atoms with Gasteiger partial charge in [-0.2, -0.15) is 0 Å². The molecule has 0 bridgehead atoms. The summed E-state index contributed by atoms with van der Waals surface area (Å²) in [6, 6.07) is 5.25. The molecular formula is C17H22N4O3. The van der Waals surface area contributed by atoms with Crippen LogP contribution in [0.2, 0.25) is 0 Å². The summed E-state index contributed by atoms with van der Waals surface area (Å²) in [6.07, 6.45) is 4.63. The number of nitrogens with two attached hydrogens (primary N) is 1. The van der Waals surface area contributed by atoms with Crippen LogP contribution < -0.4 is 20.5 Å². The average molecular weight is 330 g/mol. The van der Waals surface area contributed by atoms with Crippen molar-refractivity contribution in [3.05, 3.63) is 36.3 Å². The van der Waals surface area contributed by atoms with Crippen molar-refractivity contribution in [2.75, 3.05) is 24.3 Å². The average Bonchev–Trinajstić information content (AvgIpc) is 2.59. The Labute approximate surface area is 141 Å². The fourth-order valence-corrected chi connectivity index (χ4v) is 1.96. The van der Waals surface area contributed by atoms with Gasteiger partial charge in [-0.05, 0) is 25.0 Å². The molecule has 1 aromatic carbocycles. The van der Waals surface area contributed by atoms with Gasteiger partial charge in [0.1, 0.15) is 0 Å². The summed E-state index contributed by atoms with van der Waals surface area (Å²) in [7, 11) is 0. The predicted octanol–water partition coefficient (Wildman–Crippen LogP) is 2.89. The maximum atomic E-state index is 12.3. The van der Waals surface area contributed by atoms with Gasteiger partial charge >= 0.3 is 0 Å². The van der Waals surface area contributed by atoms with Crippen molar-refractivity contribution in [2.45, 2.75) is 26.7 Å². The summed E-state index contributed by atoms with van der Waals surface area (Å²) in [5.41, 5.74) is 6.32. The first-order valence-corrected chi connectivity index (χ1v) is 7.93. The number of amides is 1. The van der Waals surface area contributed by atoms with E-state index in [2.05, 4.69) is 15.3 Å². The highest BCUT2D eigenvalue weighted by Gasteiger charge is 2.14. The van der Waals surface area contributed by atoms with E-state index in [9.17, 15) is 4.79 Å². The van der Waals surface area contributed by atoms with Crippen molar-refractivity contribution in [3.8, 4) is 11.5 Å². The summed E-state index contributed by atoms with van der Waals surface area (Å²) in [5.74, 6) is 0.905. The summed E-state index contributed by atoms with van der Waals surface area (Å²) >= 11 is 0. The predicted molar refractivity (Wildman–Crippen MR) is 92.4 cm³/mol. The van der Waals surface area contributed by atoms with E-state index in [0.717, 1.165) is 12.8 Å². The lowest BCUT2D eigenvalue weighted by atomic mass is 10.2. The molecule has 128 valence electrons. The first-order valence-electron chi connectivity index (χ1n) is 7.93. The van der Waals surface area contributed by atoms with Crippen molar-refractivity contribution < 1.29 is 14.3 Å². The van der Waals surface area contributed by atoms with Crippen molar-refractivity contribution in [3.63, 3.8) is 0 Å². The van der Waals surface area contributed by atoms with E-state index in [1.807, 2.05) is 13.8 Å². The fraction of sp³-hybridized carbons (Fsp3) is 0.353. The Kier molecular flexibility index (Phi) is 6.36. The van der Waals surface area contributed by atoms with Gasteiger partial charge in [0, 0.05) is 24.1 Å². The summed E-state index contributed by atoms with van der Waals surface area (Å²) < 4.78 is 11.4. The normalized spacial score (nSPS) is 10.2. The minimum Gasteiger partial charge on any atom is -0.490 e. The van der Waals surface area contributed by atoms with E-state index in [0.29, 0.717) is 30.4 Å². The zero-order valence-electron chi connectivity index (χ0n) is 13.9. The fourth-order valence-electron chi connectivity index (χ4n) is 1.96. The van der Waals surface area contributed by atoms with Crippen molar-refractivity contribution in [1.82, 2.24) is 9.97 Å². The number of nitrogens with zero attached hydrogens (tertiary/aromatic N) is 2. The van der Waals surface area contributed by atoms with Crippen LogP contribution in [0.3, 0.4) is 0 Å². The van der Waals surface area contributed by atoms with E-state index in [1.165, 1.54) is 12.4 Å². The molecule has 2 rings (SSSR count). The van der Waals surface area contributed by atoms with Gasteiger partial charge < -0.3 is 20.5 Å². The Morgan fingerprint density at radius 3 is 2.42 bits per heavy atom. The number of aromatic nitrogens is 2. The van der Waals surface area contributed by atoms with Gasteiger partial charge in [-0.3, -0.25) is 4.79 Å². The van der Waals surface area contributed by atoms with E-state index in [4.69, 9.17) is 15.2 Å². The summed E-state index contributed by atoms with van der Waals surface area (Å²) in [5, 5.41) is 2.74. The molecule has 0 aliphatic rings. The monoisotopic (exact) mass is 330 g/mol. The maximum absolute atomic E-state index is 12.3. The molecule has 0 unspecified atom stereocenters. The molecule has 0 atom stereocenters. The molecule has 7 heteroatoms. The third-order valence-electron chi connectivity index (χ3n) is 3.07. The van der Waals surface area contributed by atoms with Gasteiger partial charge in [-0.15, -0.1) is 0 Å². The molecular weight excluding hydrogens is 308 g/mol. The van der Waals surface area contributed by atoms with Crippen LogP contribution in [0, 0.1) is 0 Å². The highest BCUT2D eigenvalue weighted by molar-refractivity contribution is 6.05. The van der Waals surface area contributed by atoms with Crippen molar-refractivity contribution in [1.29, 1.82) is 0 Å². The van der Waals surface area contributed by atoms with Gasteiger partial charge in [0.05, 0.1) is 13.2 Å². The minimum absolute atomic E-state index is 0.0832. The quantitative estimate of drug-likeness (QED) is 0.772. The Bertz CT molecular complexity index is 691. The van der Waals surface area contributed by atoms with Crippen LogP contribution in [-0.2, 0) is 0 Å². The molecule has 0 fully saturated rings. The van der Waals surface area contributed by atoms with Crippen molar-refractivity contribution in [2.24, 2.45) is 0 Å². The standard InChI is InChI=1S/C17H22N4O3/c1-3-9-23-13-6-5-12(11-14(13)24-10-4-2)21-17(22)15-16(18)20-8-7-19-15/h5-8,11H,3-4,9-10H2,1-2H3,(H2,18,20)(H,21,22). The highest BCUT2D eigenvalue weighted by Crippen LogP contribution is 2.31. The second-order valence-corrected chi connectivity index (χ2v) is 5.10. The van der Waals surface area contributed by atoms with E-state index < -0.39 is 5.91 Å². The van der Waals surface area contributed by atoms with Gasteiger partial charge in [-0.25, -0.2) is 9.97 Å². The number of nitrogen functional groups attached to an aromatic ring is 1. The maximum Gasteiger partial charge on any atom is 0.278 e. The molecule has 2 aromatic rings. The van der Waals surface area contributed by atoms with Crippen LogP contribution in [0.4, 0.5) is 11.5 Å². The van der Waals surface area contributed by atoms with Crippen LogP contribution in [0.1, 0.15) is 37.2 Å². The van der Waals surface area contributed by atoms with Crippen molar-refractivity contribution >= 4 is 17.4 Å². The van der Waals surface area contributed by atoms with Crippen LogP contribution in [0.25, 0.3) is 0 Å². The zero-order chi connectivity index (χ0) is 17.4. The molecule has 1 heterocycles. The van der Waals surface area contributed by atoms with Gasteiger partial charge in [-0.1, -0.05) is 13.8 Å². The second kappa shape index (κ2) is 8.71. The summed E-state index contributed by atoms with van der Waals surface area (Å²) in [6.45, 7) is 5.23. The Hall–Kier alpha value is -2.83. The zero-order valence-corrected chi connectivity index (χ0v) is 13.9. The van der Waals surface area contributed by atoms with Gasteiger partial charge in [0.2, 0.25) is 0 Å². The smallest absolute Gasteiger partial charge is 0.278 e. The molecule has 0 saturated carbocycles. The molecule has 1 amide bonds. The lowest BCUT2D eigenvalue weighted by Gasteiger charge is -2.14. The SMILES string of the molecule is CCCOc1ccc(NC(=O)c2nccnc2N)cc1OCCC. The second-order valence-electron chi connectivity index (χ2n) is 5.10. The van der Waals surface area contributed by atoms with E-state index in [1.54, 1.807) is 18.2 Å². The molecule has 3 N–H and O–H groups in total. The third kappa shape index (κ3) is 4.58. The van der Waals surface area contributed by atoms with Gasteiger partial charge in [0.15, 0.2) is 23.0 Å². The van der Waals surface area contributed by atoms with Crippen LogP contribution >= 0.6 is 0 Å². The Morgan fingerprint density at radius 1 is 1.08 bits per heavy atom. The molecule has 0 radical (unpaired) electrons. The number of nitrogens with one attached hydrogen (secondary N) is 1. The molecule has 0 aliphatic carbocycles. The van der Waals surface area contributed by atoms with E-state index >= 15 is 0 Å². The number of hydrogen-bond acceptors (Lipinski definition) is 6. The first kappa shape index (κ1) is 17.5. The molecule has 0 spiro atoms. The number of rotatable bonds is 8. The van der Waals surface area contributed by atoms with Crippen LogP contribution in [-0.4, -0.2) is 29.1 Å². The molecule has 1 aromatic heterocycles. The number of carbonyl (C=O) groups excluding carboxylic acids is 1.